The molecule has 0 saturated carbocycles. The highest BCUT2D eigenvalue weighted by atomic mass is 35.5. The average molecular weight is 477 g/mol. The van der Waals surface area contributed by atoms with Gasteiger partial charge in [-0.1, -0.05) is 24.3 Å². The molecule has 9 heteroatoms. The molecule has 32 heavy (non-hydrogen) atoms. The van der Waals surface area contributed by atoms with Gasteiger partial charge in [-0.15, -0.1) is 12.4 Å². The smallest absolute Gasteiger partial charge is 0.180 e. The van der Waals surface area contributed by atoms with Gasteiger partial charge in [0.05, 0.1) is 10.6 Å². The van der Waals surface area contributed by atoms with Crippen molar-refractivity contribution in [3.63, 3.8) is 0 Å². The van der Waals surface area contributed by atoms with Crippen molar-refractivity contribution in [3.05, 3.63) is 59.8 Å². The van der Waals surface area contributed by atoms with Gasteiger partial charge in [0, 0.05) is 48.2 Å². The number of nitrogens with one attached hydrogen (secondary N) is 1. The molecule has 0 saturated heterocycles. The number of unbranched alkanes of at least 4 members (excludes halogenated alkanes) is 1. The van der Waals surface area contributed by atoms with Crippen molar-refractivity contribution >= 4 is 50.5 Å². The van der Waals surface area contributed by atoms with E-state index < -0.39 is 9.84 Å². The zero-order chi connectivity index (χ0) is 22.6. The first-order valence-electron chi connectivity index (χ1n) is 10.2. The number of hydrogen-bond donors (Lipinski definition) is 3. The van der Waals surface area contributed by atoms with Crippen molar-refractivity contribution in [1.82, 2.24) is 4.57 Å². The Bertz CT molecular complexity index is 1220. The van der Waals surface area contributed by atoms with E-state index in [2.05, 4.69) is 0 Å². The van der Waals surface area contributed by atoms with Gasteiger partial charge in [-0.25, -0.2) is 8.42 Å². The normalized spacial score (nSPS) is 11.3. The quantitative estimate of drug-likeness (QED) is 0.178. The van der Waals surface area contributed by atoms with Crippen molar-refractivity contribution < 1.29 is 13.2 Å². The van der Waals surface area contributed by atoms with Crippen LogP contribution in [0.25, 0.3) is 10.9 Å². The van der Waals surface area contributed by atoms with Crippen LogP contribution in [-0.4, -0.2) is 30.4 Å². The molecule has 0 fully saturated rings. The van der Waals surface area contributed by atoms with Crippen LogP contribution in [0.5, 0.6) is 0 Å². The van der Waals surface area contributed by atoms with Gasteiger partial charge in [0.15, 0.2) is 9.84 Å². The number of halogens is 1. The van der Waals surface area contributed by atoms with Gasteiger partial charge >= 0.3 is 0 Å². The predicted octanol–water partition coefficient (Wildman–Crippen LogP) is 3.61. The van der Waals surface area contributed by atoms with E-state index in [0.717, 1.165) is 11.1 Å². The molecule has 0 aliphatic carbocycles. The molecule has 0 aliphatic rings. The topological polar surface area (TPSA) is 132 Å². The third-order valence-electron chi connectivity index (χ3n) is 5.39. The number of benzene rings is 2. The second kappa shape index (κ2) is 10.7. The van der Waals surface area contributed by atoms with Crippen LogP contribution in [0.15, 0.2) is 53.6 Å². The number of nitrogen functional groups attached to an aromatic ring is 2. The summed E-state index contributed by atoms with van der Waals surface area (Å²) in [6, 6.07) is 12.5. The summed E-state index contributed by atoms with van der Waals surface area (Å²) in [6.45, 7) is 0. The van der Waals surface area contributed by atoms with E-state index in [0.29, 0.717) is 48.7 Å². The Hall–Kier alpha value is -2.84. The number of aromatic nitrogens is 1. The largest absolute Gasteiger partial charge is 0.399 e. The van der Waals surface area contributed by atoms with E-state index in [9.17, 15) is 13.2 Å². The van der Waals surface area contributed by atoms with Crippen molar-refractivity contribution in [1.29, 1.82) is 5.41 Å². The molecular formula is C23H29ClN4O3S. The molecule has 0 atom stereocenters. The van der Waals surface area contributed by atoms with E-state index >= 15 is 0 Å². The summed E-state index contributed by atoms with van der Waals surface area (Å²) in [7, 11) is -1.65. The van der Waals surface area contributed by atoms with Crippen LogP contribution in [0.2, 0.25) is 0 Å². The number of rotatable bonds is 10. The number of hydrogen-bond acceptors (Lipinski definition) is 5. The lowest BCUT2D eigenvalue weighted by Crippen LogP contribution is -2.10. The van der Waals surface area contributed by atoms with Gasteiger partial charge in [0.2, 0.25) is 0 Å². The van der Waals surface area contributed by atoms with Crippen LogP contribution in [0.1, 0.15) is 36.8 Å². The summed E-state index contributed by atoms with van der Waals surface area (Å²) >= 11 is 0. The fourth-order valence-corrected chi connectivity index (χ4v) is 5.23. The molecule has 0 radical (unpaired) electrons. The van der Waals surface area contributed by atoms with Gasteiger partial charge < -0.3 is 16.0 Å². The van der Waals surface area contributed by atoms with Crippen LogP contribution in [0.4, 0.5) is 5.69 Å². The number of carbonyl (C=O) groups excluding carboxylic acids is 1. The number of Topliss-reactive ketones (excluding diaryl/α,β-unsaturated/α-hetero) is 1. The number of carbonyl (C=O) groups is 1. The lowest BCUT2D eigenvalue weighted by Gasteiger charge is -2.05. The molecule has 0 spiro atoms. The molecule has 0 unspecified atom stereocenters. The molecule has 2 aromatic carbocycles. The first-order valence-corrected chi connectivity index (χ1v) is 11.8. The number of anilines is 1. The van der Waals surface area contributed by atoms with Crippen LogP contribution in [0, 0.1) is 5.41 Å². The molecule has 172 valence electrons. The maximum atomic E-state index is 12.8. The Morgan fingerprint density at radius 3 is 2.41 bits per heavy atom. The number of sulfone groups is 1. The second-order valence-corrected chi connectivity index (χ2v) is 9.88. The van der Waals surface area contributed by atoms with Crippen LogP contribution >= 0.6 is 12.4 Å². The molecule has 0 bridgehead atoms. The minimum absolute atomic E-state index is 0. The maximum Gasteiger partial charge on any atom is 0.180 e. The Kier molecular flexibility index (Phi) is 8.46. The van der Waals surface area contributed by atoms with Crippen molar-refractivity contribution in [2.45, 2.75) is 37.0 Å². The highest BCUT2D eigenvalue weighted by Gasteiger charge is 2.20. The van der Waals surface area contributed by atoms with E-state index in [1.54, 1.807) is 35.0 Å². The number of aryl methyl sites for hydroxylation is 2. The molecule has 0 aliphatic heterocycles. The number of fused-ring (bicyclic) bond motifs is 1. The summed E-state index contributed by atoms with van der Waals surface area (Å²) in [5.41, 5.74) is 14.3. The fourth-order valence-electron chi connectivity index (χ4n) is 3.61. The summed E-state index contributed by atoms with van der Waals surface area (Å²) in [5.74, 6) is 0.135. The molecule has 0 amide bonds. The summed E-state index contributed by atoms with van der Waals surface area (Å²) in [6.07, 6.45) is 3.99. The number of ketones is 1. The second-order valence-electron chi connectivity index (χ2n) is 7.81. The Labute approximate surface area is 194 Å². The van der Waals surface area contributed by atoms with Crippen molar-refractivity contribution in [2.24, 2.45) is 12.8 Å². The summed E-state index contributed by atoms with van der Waals surface area (Å²) in [5, 5.41) is 8.03. The van der Waals surface area contributed by atoms with Crippen LogP contribution in [0.3, 0.4) is 0 Å². The minimum atomic E-state index is -3.46. The highest BCUT2D eigenvalue weighted by molar-refractivity contribution is 7.91. The average Bonchev–Trinajstić information content (AvgIpc) is 3.06. The van der Waals surface area contributed by atoms with Gasteiger partial charge in [0.25, 0.3) is 0 Å². The standard InChI is InChI=1S/C23H28N4O3S.ClH/c1-27-15-22(20-14-18(24)10-12-21(20)27)31(29,30)13-3-2-4-19(28)11-7-16-5-8-17(9-6-16)23(25)26;/h5-6,8-10,12,14-15H,2-4,7,11,13,24H2,1H3,(H3,25,26);1H. The van der Waals surface area contributed by atoms with Crippen molar-refractivity contribution in [2.75, 3.05) is 11.5 Å². The number of nitrogens with two attached hydrogens (primary N) is 2. The van der Waals surface area contributed by atoms with Gasteiger partial charge in [-0.2, -0.15) is 0 Å². The maximum absolute atomic E-state index is 12.8. The highest BCUT2D eigenvalue weighted by Crippen LogP contribution is 2.28. The van der Waals surface area contributed by atoms with E-state index in [4.69, 9.17) is 16.9 Å². The zero-order valence-corrected chi connectivity index (χ0v) is 19.6. The van der Waals surface area contributed by atoms with Gasteiger partial charge in [-0.3, -0.25) is 10.2 Å². The lowest BCUT2D eigenvalue weighted by molar-refractivity contribution is -0.119. The van der Waals surface area contributed by atoms with Crippen molar-refractivity contribution in [3.8, 4) is 0 Å². The monoisotopic (exact) mass is 476 g/mol. The molecule has 7 nitrogen and oxygen atoms in total. The molecule has 3 rings (SSSR count). The summed E-state index contributed by atoms with van der Waals surface area (Å²) < 4.78 is 27.5. The van der Waals surface area contributed by atoms with Gasteiger partial charge in [0.1, 0.15) is 11.6 Å². The predicted molar refractivity (Wildman–Crippen MR) is 131 cm³/mol. The third-order valence-corrected chi connectivity index (χ3v) is 7.21. The zero-order valence-electron chi connectivity index (χ0n) is 18.0. The lowest BCUT2D eigenvalue weighted by atomic mass is 10.0. The number of nitrogens with zero attached hydrogens (tertiary/aromatic N) is 1. The Morgan fingerprint density at radius 2 is 1.75 bits per heavy atom. The molecule has 5 N–H and O–H groups in total. The first-order chi connectivity index (χ1) is 14.7. The van der Waals surface area contributed by atoms with Crippen LogP contribution < -0.4 is 11.5 Å². The molecule has 1 aromatic heterocycles. The molecular weight excluding hydrogens is 448 g/mol. The first kappa shape index (κ1) is 25.4. The SMILES string of the molecule is Cl.Cn1cc(S(=O)(=O)CCCCC(=O)CCc2ccc(C(=N)N)cc2)c2cc(N)ccc21. The minimum Gasteiger partial charge on any atom is -0.399 e. The van der Waals surface area contributed by atoms with E-state index in [-0.39, 0.29) is 34.7 Å². The van der Waals surface area contributed by atoms with Crippen LogP contribution in [-0.2, 0) is 28.1 Å². The molecule has 3 aromatic rings. The Morgan fingerprint density at radius 1 is 1.06 bits per heavy atom. The van der Waals surface area contributed by atoms with E-state index in [1.807, 2.05) is 25.2 Å². The Balaban J connectivity index is 0.00000363. The summed E-state index contributed by atoms with van der Waals surface area (Å²) in [4.78, 5) is 12.5. The third kappa shape index (κ3) is 6.11. The number of amidine groups is 1. The van der Waals surface area contributed by atoms with Gasteiger partial charge in [-0.05, 0) is 43.0 Å². The molecule has 1 heterocycles. The van der Waals surface area contributed by atoms with E-state index in [1.165, 1.54) is 0 Å². The fraction of sp³-hybridized carbons (Fsp3) is 0.304.